The van der Waals surface area contributed by atoms with E-state index in [-0.39, 0.29) is 9.92 Å². The van der Waals surface area contributed by atoms with Crippen LogP contribution in [0, 0.1) is 0 Å². The van der Waals surface area contributed by atoms with E-state index in [2.05, 4.69) is 10.6 Å². The summed E-state index contributed by atoms with van der Waals surface area (Å²) in [6.07, 6.45) is 0. The van der Waals surface area contributed by atoms with Crippen molar-refractivity contribution in [2.75, 3.05) is 12.4 Å². The molecule has 158 valence electrons. The predicted molar refractivity (Wildman–Crippen MR) is 106 cm³/mol. The highest BCUT2D eigenvalue weighted by atomic mass is 32.2. The molecular weight excluding hydrogens is 432 g/mol. The van der Waals surface area contributed by atoms with Crippen molar-refractivity contribution < 1.29 is 32.3 Å². The van der Waals surface area contributed by atoms with Crippen molar-refractivity contribution in [3.05, 3.63) is 48.5 Å². The second kappa shape index (κ2) is 8.73. The molecule has 1 amide bonds. The fourth-order valence-electron chi connectivity index (χ4n) is 2.42. The van der Waals surface area contributed by atoms with Crippen molar-refractivity contribution in [2.45, 2.75) is 22.1 Å². The summed E-state index contributed by atoms with van der Waals surface area (Å²) in [5.74, 6) is -0.432. The van der Waals surface area contributed by atoms with Crippen molar-refractivity contribution in [2.24, 2.45) is 5.14 Å². The van der Waals surface area contributed by atoms with Crippen LogP contribution in [0.4, 0.5) is 5.69 Å². The second-order valence-corrected chi connectivity index (χ2v) is 8.99. The lowest BCUT2D eigenvalue weighted by Crippen LogP contribution is -2.36. The number of aromatic nitrogens is 2. The molecule has 3 rings (SSSR count). The van der Waals surface area contributed by atoms with Gasteiger partial charge in [-0.3, -0.25) is 4.79 Å². The van der Waals surface area contributed by atoms with E-state index in [1.807, 2.05) is 0 Å². The monoisotopic (exact) mass is 450 g/mol. The van der Waals surface area contributed by atoms with E-state index in [9.17, 15) is 18.3 Å². The maximum atomic E-state index is 12.5. The van der Waals surface area contributed by atoms with Crippen molar-refractivity contribution in [1.82, 2.24) is 5.27 Å². The quantitative estimate of drug-likeness (QED) is 0.396. The Morgan fingerprint density at radius 2 is 1.87 bits per heavy atom. The number of amides is 1. The fraction of sp³-hybridized carbons (Fsp3) is 0.167. The molecule has 1 aromatic heterocycles. The summed E-state index contributed by atoms with van der Waals surface area (Å²) < 4.78 is 33.8. The zero-order valence-corrected chi connectivity index (χ0v) is 17.6. The summed E-state index contributed by atoms with van der Waals surface area (Å²) in [6, 6.07) is 12.2. The van der Waals surface area contributed by atoms with Crippen molar-refractivity contribution in [3.8, 4) is 17.4 Å². The molecule has 0 aliphatic rings. The van der Waals surface area contributed by atoms with E-state index in [1.54, 1.807) is 31.2 Å². The SMILES string of the molecule is COc1ccc(-[n+]2noc([O-])c2SC(C)C(=O)Nc2ccc(S(N)(=O)=O)cc2)cc1. The molecule has 10 nitrogen and oxygen atoms in total. The van der Waals surface area contributed by atoms with Crippen LogP contribution in [0.2, 0.25) is 0 Å². The van der Waals surface area contributed by atoms with E-state index in [0.717, 1.165) is 11.8 Å². The number of sulfonamides is 1. The maximum absolute atomic E-state index is 12.5. The number of carbonyl (C=O) groups is 1. The third-order valence-electron chi connectivity index (χ3n) is 4.00. The molecule has 0 saturated heterocycles. The summed E-state index contributed by atoms with van der Waals surface area (Å²) in [6.45, 7) is 1.61. The number of primary sulfonamides is 1. The van der Waals surface area contributed by atoms with Crippen LogP contribution in [0.5, 0.6) is 11.7 Å². The molecule has 0 fully saturated rings. The third-order valence-corrected chi connectivity index (χ3v) is 6.06. The minimum Gasteiger partial charge on any atom is -0.538 e. The lowest BCUT2D eigenvalue weighted by molar-refractivity contribution is -0.705. The fourth-order valence-corrected chi connectivity index (χ4v) is 3.81. The lowest BCUT2D eigenvalue weighted by Gasteiger charge is -2.10. The third kappa shape index (κ3) is 4.90. The lowest BCUT2D eigenvalue weighted by atomic mass is 10.3. The van der Waals surface area contributed by atoms with Crippen LogP contribution < -0.4 is 25.0 Å². The van der Waals surface area contributed by atoms with Gasteiger partial charge in [0.05, 0.1) is 22.5 Å². The minimum absolute atomic E-state index is 0.0658. The molecule has 0 aliphatic heterocycles. The van der Waals surface area contributed by atoms with Crippen LogP contribution in [0.3, 0.4) is 0 Å². The number of ether oxygens (including phenoxy) is 1. The van der Waals surface area contributed by atoms with E-state index in [1.165, 1.54) is 36.1 Å². The molecule has 1 unspecified atom stereocenters. The van der Waals surface area contributed by atoms with Crippen LogP contribution in [0.15, 0.2) is 63.0 Å². The molecular formula is C18H18N4O6S2. The van der Waals surface area contributed by atoms with Gasteiger partial charge in [-0.25, -0.2) is 13.6 Å². The Bertz CT molecular complexity index is 1140. The van der Waals surface area contributed by atoms with Gasteiger partial charge in [-0.1, -0.05) is 0 Å². The molecule has 0 radical (unpaired) electrons. The van der Waals surface area contributed by atoms with E-state index >= 15 is 0 Å². The maximum Gasteiger partial charge on any atom is 0.298 e. The zero-order chi connectivity index (χ0) is 21.9. The van der Waals surface area contributed by atoms with Gasteiger partial charge in [0.1, 0.15) is 5.75 Å². The van der Waals surface area contributed by atoms with Crippen LogP contribution >= 0.6 is 11.8 Å². The van der Waals surface area contributed by atoms with E-state index in [0.29, 0.717) is 17.1 Å². The van der Waals surface area contributed by atoms with Gasteiger partial charge in [-0.05, 0) is 59.8 Å². The molecule has 0 aliphatic carbocycles. The number of nitrogens with two attached hydrogens (primary N) is 1. The number of carbonyl (C=O) groups excluding carboxylic acids is 1. The molecule has 12 heteroatoms. The number of anilines is 1. The van der Waals surface area contributed by atoms with Crippen LogP contribution in [0.25, 0.3) is 5.69 Å². The summed E-state index contributed by atoms with van der Waals surface area (Å²) in [5.41, 5.74) is 0.950. The molecule has 3 N–H and O–H groups in total. The van der Waals surface area contributed by atoms with E-state index < -0.39 is 27.1 Å². The molecule has 0 bridgehead atoms. The summed E-state index contributed by atoms with van der Waals surface area (Å²) >= 11 is 0.978. The molecule has 0 spiro atoms. The average molecular weight is 450 g/mol. The topological polar surface area (TPSA) is 151 Å². The number of methoxy groups -OCH3 is 1. The molecule has 1 atom stereocenters. The van der Waals surface area contributed by atoms with Gasteiger partial charge in [0.25, 0.3) is 5.03 Å². The molecule has 1 heterocycles. The van der Waals surface area contributed by atoms with Gasteiger partial charge in [0.2, 0.25) is 21.6 Å². The minimum atomic E-state index is -3.82. The van der Waals surface area contributed by atoms with Crippen molar-refractivity contribution in [3.63, 3.8) is 0 Å². The van der Waals surface area contributed by atoms with Gasteiger partial charge in [0.15, 0.2) is 5.95 Å². The molecule has 2 aromatic carbocycles. The Kier molecular flexibility index (Phi) is 6.29. The summed E-state index contributed by atoms with van der Waals surface area (Å²) in [5, 5.41) is 23.0. The number of nitrogens with one attached hydrogen (secondary N) is 1. The number of benzene rings is 2. The Balaban J connectivity index is 1.73. The Morgan fingerprint density at radius 3 is 2.43 bits per heavy atom. The van der Waals surface area contributed by atoms with Crippen LogP contribution in [-0.2, 0) is 14.8 Å². The summed E-state index contributed by atoms with van der Waals surface area (Å²) in [7, 11) is -2.28. The van der Waals surface area contributed by atoms with E-state index in [4.69, 9.17) is 14.4 Å². The van der Waals surface area contributed by atoms with Gasteiger partial charge in [-0.15, -0.1) is 0 Å². The van der Waals surface area contributed by atoms with Crippen LogP contribution in [0.1, 0.15) is 6.92 Å². The largest absolute Gasteiger partial charge is 0.538 e. The standard InChI is InChI=1S/C18H18N4O6S2/c1-11(16(23)20-12-3-9-15(10-4-12)30(19,25)26)29-17-18(24)28-21-22(17)13-5-7-14(27-2)8-6-13/h3-11H,1-2H3,(H3-,19,20,21,23,24,25,26). The Morgan fingerprint density at radius 1 is 1.23 bits per heavy atom. The first-order valence-corrected chi connectivity index (χ1v) is 11.0. The number of rotatable bonds is 7. The van der Waals surface area contributed by atoms with Gasteiger partial charge in [-0.2, -0.15) is 0 Å². The number of thioether (sulfide) groups is 1. The number of hydrogen-bond donors (Lipinski definition) is 2. The summed E-state index contributed by atoms with van der Waals surface area (Å²) in [4.78, 5) is 12.4. The smallest absolute Gasteiger partial charge is 0.298 e. The first kappa shape index (κ1) is 21.6. The van der Waals surface area contributed by atoms with Crippen LogP contribution in [-0.4, -0.2) is 32.0 Å². The van der Waals surface area contributed by atoms with Crippen molar-refractivity contribution in [1.29, 1.82) is 0 Å². The van der Waals surface area contributed by atoms with Crippen molar-refractivity contribution >= 4 is 33.4 Å². The van der Waals surface area contributed by atoms with Gasteiger partial charge < -0.3 is 19.7 Å². The van der Waals surface area contributed by atoms with Gasteiger partial charge >= 0.3 is 0 Å². The zero-order valence-electron chi connectivity index (χ0n) is 15.9. The first-order chi connectivity index (χ1) is 14.2. The first-order valence-electron chi connectivity index (χ1n) is 8.53. The molecule has 30 heavy (non-hydrogen) atoms. The molecule has 0 saturated carbocycles. The van der Waals surface area contributed by atoms with Gasteiger partial charge in [0, 0.05) is 17.8 Å². The highest BCUT2D eigenvalue weighted by Gasteiger charge is 2.26. The average Bonchev–Trinajstić information content (AvgIpc) is 3.08. The second-order valence-electron chi connectivity index (χ2n) is 6.09. The highest BCUT2D eigenvalue weighted by Crippen LogP contribution is 2.28. The Labute approximate surface area is 176 Å². The Hall–Kier alpha value is -3.09. The number of hydrogen-bond acceptors (Lipinski definition) is 8. The normalized spacial score (nSPS) is 12.4. The number of nitrogens with zero attached hydrogens (tertiary/aromatic N) is 2. The predicted octanol–water partition coefficient (Wildman–Crippen LogP) is 0.800. The highest BCUT2D eigenvalue weighted by molar-refractivity contribution is 8.00. The molecule has 3 aromatic rings.